The first-order valence-electron chi connectivity index (χ1n) is 7.13. The molecule has 1 aromatic heterocycles. The SMILES string of the molecule is CCCCOc1ccc(F)cc1-c1cc(C)[nH]c(=O)c1C#N. The number of unbranched alkanes of at least 4 members (excludes halogenated alkanes) is 1. The van der Waals surface area contributed by atoms with Crippen molar-refractivity contribution in [3.05, 3.63) is 51.7 Å². The van der Waals surface area contributed by atoms with Gasteiger partial charge in [0.1, 0.15) is 23.2 Å². The van der Waals surface area contributed by atoms with Crippen molar-refractivity contribution in [1.29, 1.82) is 5.26 Å². The number of rotatable bonds is 5. The summed E-state index contributed by atoms with van der Waals surface area (Å²) in [6.45, 7) is 4.25. The predicted molar refractivity (Wildman–Crippen MR) is 82.3 cm³/mol. The van der Waals surface area contributed by atoms with Crippen molar-refractivity contribution in [3.8, 4) is 22.9 Å². The molecule has 0 aliphatic carbocycles. The van der Waals surface area contributed by atoms with Gasteiger partial charge in [-0.05, 0) is 37.6 Å². The maximum Gasteiger partial charge on any atom is 0.266 e. The molecule has 0 unspecified atom stereocenters. The van der Waals surface area contributed by atoms with Gasteiger partial charge in [0.15, 0.2) is 0 Å². The first kappa shape index (κ1) is 15.8. The number of hydrogen-bond acceptors (Lipinski definition) is 3. The van der Waals surface area contributed by atoms with E-state index in [1.165, 1.54) is 18.2 Å². The lowest BCUT2D eigenvalue weighted by Gasteiger charge is -2.13. The Labute approximate surface area is 128 Å². The van der Waals surface area contributed by atoms with Gasteiger partial charge in [-0.2, -0.15) is 5.26 Å². The molecule has 0 fully saturated rings. The Morgan fingerprint density at radius 3 is 2.77 bits per heavy atom. The largest absolute Gasteiger partial charge is 0.493 e. The van der Waals surface area contributed by atoms with Gasteiger partial charge in [0.2, 0.25) is 0 Å². The third kappa shape index (κ3) is 3.34. The fourth-order valence-electron chi connectivity index (χ4n) is 2.18. The molecule has 5 heteroatoms. The number of halogens is 1. The Kier molecular flexibility index (Phi) is 4.95. The third-order valence-electron chi connectivity index (χ3n) is 3.27. The minimum Gasteiger partial charge on any atom is -0.493 e. The monoisotopic (exact) mass is 300 g/mol. The van der Waals surface area contributed by atoms with Gasteiger partial charge >= 0.3 is 0 Å². The van der Waals surface area contributed by atoms with E-state index >= 15 is 0 Å². The summed E-state index contributed by atoms with van der Waals surface area (Å²) >= 11 is 0. The number of H-pyrrole nitrogens is 1. The van der Waals surface area contributed by atoms with Crippen LogP contribution in [-0.4, -0.2) is 11.6 Å². The van der Waals surface area contributed by atoms with Crippen molar-refractivity contribution < 1.29 is 9.13 Å². The number of aromatic amines is 1. The summed E-state index contributed by atoms with van der Waals surface area (Å²) in [6, 6.07) is 7.65. The maximum atomic E-state index is 13.6. The fourth-order valence-corrected chi connectivity index (χ4v) is 2.18. The van der Waals surface area contributed by atoms with E-state index in [0.717, 1.165) is 12.8 Å². The predicted octanol–water partition coefficient (Wildman–Crippen LogP) is 3.54. The Morgan fingerprint density at radius 2 is 2.09 bits per heavy atom. The molecule has 0 radical (unpaired) electrons. The topological polar surface area (TPSA) is 65.9 Å². The van der Waals surface area contributed by atoms with Gasteiger partial charge in [0.25, 0.3) is 5.56 Å². The van der Waals surface area contributed by atoms with Crippen LogP contribution in [0.15, 0.2) is 29.1 Å². The lowest BCUT2D eigenvalue weighted by atomic mass is 10.00. The van der Waals surface area contributed by atoms with Crippen LogP contribution in [0.1, 0.15) is 31.0 Å². The summed E-state index contributed by atoms with van der Waals surface area (Å²) in [5, 5.41) is 9.22. The molecule has 114 valence electrons. The molecule has 0 aliphatic rings. The Morgan fingerprint density at radius 1 is 1.32 bits per heavy atom. The number of aromatic nitrogens is 1. The van der Waals surface area contributed by atoms with Crippen molar-refractivity contribution >= 4 is 0 Å². The molecule has 1 aromatic carbocycles. The van der Waals surface area contributed by atoms with Crippen LogP contribution in [0.4, 0.5) is 4.39 Å². The van der Waals surface area contributed by atoms with Crippen LogP contribution in [0.25, 0.3) is 11.1 Å². The van der Waals surface area contributed by atoms with Crippen molar-refractivity contribution in [1.82, 2.24) is 4.98 Å². The van der Waals surface area contributed by atoms with Gasteiger partial charge < -0.3 is 9.72 Å². The van der Waals surface area contributed by atoms with E-state index in [4.69, 9.17) is 4.74 Å². The molecule has 0 saturated carbocycles. The molecule has 0 saturated heterocycles. The summed E-state index contributed by atoms with van der Waals surface area (Å²) in [5.41, 5.74) is 0.872. The molecule has 1 N–H and O–H groups in total. The maximum absolute atomic E-state index is 13.6. The summed E-state index contributed by atoms with van der Waals surface area (Å²) < 4.78 is 19.3. The van der Waals surface area contributed by atoms with Crippen LogP contribution in [0.5, 0.6) is 5.75 Å². The summed E-state index contributed by atoms with van der Waals surface area (Å²) in [6.07, 6.45) is 1.85. The molecule has 0 atom stereocenters. The number of nitrogens with zero attached hydrogens (tertiary/aromatic N) is 1. The molecule has 0 amide bonds. The second-order valence-corrected chi connectivity index (χ2v) is 5.02. The lowest BCUT2D eigenvalue weighted by molar-refractivity contribution is 0.310. The number of aryl methyl sites for hydroxylation is 1. The van der Waals surface area contributed by atoms with Gasteiger partial charge in [-0.15, -0.1) is 0 Å². The highest BCUT2D eigenvalue weighted by atomic mass is 19.1. The van der Waals surface area contributed by atoms with Crippen LogP contribution in [0, 0.1) is 24.1 Å². The van der Waals surface area contributed by atoms with Gasteiger partial charge in [-0.3, -0.25) is 4.79 Å². The summed E-state index contributed by atoms with van der Waals surface area (Å²) in [5.74, 6) is 0.0241. The van der Waals surface area contributed by atoms with E-state index in [9.17, 15) is 14.4 Å². The molecule has 22 heavy (non-hydrogen) atoms. The number of nitriles is 1. The first-order chi connectivity index (χ1) is 10.6. The number of nitrogens with one attached hydrogen (secondary N) is 1. The average molecular weight is 300 g/mol. The van der Waals surface area contributed by atoms with E-state index in [1.54, 1.807) is 13.0 Å². The molecule has 0 bridgehead atoms. The van der Waals surface area contributed by atoms with Crippen LogP contribution < -0.4 is 10.3 Å². The summed E-state index contributed by atoms with van der Waals surface area (Å²) in [7, 11) is 0. The number of hydrogen-bond donors (Lipinski definition) is 1. The van der Waals surface area contributed by atoms with Crippen molar-refractivity contribution in [2.24, 2.45) is 0 Å². The average Bonchev–Trinajstić information content (AvgIpc) is 2.48. The molecule has 1 heterocycles. The number of ether oxygens (including phenoxy) is 1. The molecule has 4 nitrogen and oxygen atoms in total. The smallest absolute Gasteiger partial charge is 0.266 e. The highest BCUT2D eigenvalue weighted by Gasteiger charge is 2.15. The van der Waals surface area contributed by atoms with Gasteiger partial charge in [0.05, 0.1) is 6.61 Å². The zero-order valence-corrected chi connectivity index (χ0v) is 12.6. The minimum absolute atomic E-state index is 0.0449. The zero-order chi connectivity index (χ0) is 16.1. The van der Waals surface area contributed by atoms with Crippen LogP contribution in [-0.2, 0) is 0 Å². The molecular weight excluding hydrogens is 283 g/mol. The molecule has 2 aromatic rings. The van der Waals surface area contributed by atoms with Crippen LogP contribution in [0.2, 0.25) is 0 Å². The third-order valence-corrected chi connectivity index (χ3v) is 3.27. The number of benzene rings is 1. The fraction of sp³-hybridized carbons (Fsp3) is 0.294. The highest BCUT2D eigenvalue weighted by Crippen LogP contribution is 2.32. The van der Waals surface area contributed by atoms with Crippen LogP contribution in [0.3, 0.4) is 0 Å². The lowest BCUT2D eigenvalue weighted by Crippen LogP contribution is -2.13. The second-order valence-electron chi connectivity index (χ2n) is 5.02. The van der Waals surface area contributed by atoms with E-state index < -0.39 is 11.4 Å². The Balaban J connectivity index is 2.59. The Hall–Kier alpha value is -2.61. The van der Waals surface area contributed by atoms with Crippen molar-refractivity contribution in [2.45, 2.75) is 26.7 Å². The van der Waals surface area contributed by atoms with Gasteiger partial charge in [0, 0.05) is 16.8 Å². The van der Waals surface area contributed by atoms with E-state index in [1.807, 2.05) is 13.0 Å². The van der Waals surface area contributed by atoms with Gasteiger partial charge in [-0.1, -0.05) is 13.3 Å². The van der Waals surface area contributed by atoms with Crippen LogP contribution >= 0.6 is 0 Å². The second kappa shape index (κ2) is 6.90. The molecule has 0 aliphatic heterocycles. The molecular formula is C17H17FN2O2. The minimum atomic E-state index is -0.485. The number of pyridine rings is 1. The first-order valence-corrected chi connectivity index (χ1v) is 7.13. The normalized spacial score (nSPS) is 10.3. The highest BCUT2D eigenvalue weighted by molar-refractivity contribution is 5.75. The standard InChI is InChI=1S/C17H17FN2O2/c1-3-4-7-22-16-6-5-12(18)9-14(16)13-8-11(2)20-17(21)15(13)10-19/h5-6,8-9H,3-4,7H2,1-2H3,(H,20,21). The summed E-state index contributed by atoms with van der Waals surface area (Å²) in [4.78, 5) is 14.5. The zero-order valence-electron chi connectivity index (χ0n) is 12.6. The van der Waals surface area contributed by atoms with Gasteiger partial charge in [-0.25, -0.2) is 4.39 Å². The molecule has 2 rings (SSSR count). The van der Waals surface area contributed by atoms with E-state index in [2.05, 4.69) is 4.98 Å². The molecule has 0 spiro atoms. The Bertz CT molecular complexity index is 775. The van der Waals surface area contributed by atoms with E-state index in [0.29, 0.717) is 29.2 Å². The quantitative estimate of drug-likeness (QED) is 0.859. The van der Waals surface area contributed by atoms with Crippen molar-refractivity contribution in [3.63, 3.8) is 0 Å². The van der Waals surface area contributed by atoms with Crippen molar-refractivity contribution in [2.75, 3.05) is 6.61 Å². The van der Waals surface area contributed by atoms with E-state index in [-0.39, 0.29) is 5.56 Å².